The molecule has 1 N–H and O–H groups in total. The number of hydrogen-bond donors (Lipinski definition) is 1. The molecule has 1 atom stereocenters. The third-order valence-electron chi connectivity index (χ3n) is 4.12. The summed E-state index contributed by atoms with van der Waals surface area (Å²) in [6.07, 6.45) is 4.95. The van der Waals surface area contributed by atoms with Crippen LogP contribution in [0.4, 0.5) is 0 Å². The van der Waals surface area contributed by atoms with Gasteiger partial charge in [-0.2, -0.15) is 5.10 Å². The highest BCUT2D eigenvalue weighted by Crippen LogP contribution is 2.36. The Morgan fingerprint density at radius 2 is 2.28 bits per heavy atom. The third kappa shape index (κ3) is 2.59. The van der Waals surface area contributed by atoms with Crippen molar-refractivity contribution < 1.29 is 0 Å². The number of nitrogens with one attached hydrogen (secondary N) is 1. The van der Waals surface area contributed by atoms with Gasteiger partial charge in [0.1, 0.15) is 0 Å². The molecule has 0 aromatic carbocycles. The van der Waals surface area contributed by atoms with E-state index in [-0.39, 0.29) is 0 Å². The molecule has 1 aliphatic heterocycles. The van der Waals surface area contributed by atoms with E-state index in [1.165, 1.54) is 18.5 Å². The maximum atomic E-state index is 4.67. The van der Waals surface area contributed by atoms with E-state index < -0.39 is 0 Å². The molecular weight excluding hydrogens is 224 g/mol. The molecule has 18 heavy (non-hydrogen) atoms. The standard InChI is InChI=1S/C14H24N4/c1-11(2)18-7-5-13(16-18)10-17-8-6-15-9-14(17)12-3-4-12/h5,7,11-12,14-15H,3-4,6,8-10H2,1-2H3. The van der Waals surface area contributed by atoms with Crippen molar-refractivity contribution in [1.29, 1.82) is 0 Å². The van der Waals surface area contributed by atoms with Crippen molar-refractivity contribution in [3.05, 3.63) is 18.0 Å². The molecule has 2 fully saturated rings. The van der Waals surface area contributed by atoms with Crippen LogP contribution in [0.3, 0.4) is 0 Å². The minimum absolute atomic E-state index is 0.459. The number of aromatic nitrogens is 2. The second-order valence-corrected chi connectivity index (χ2v) is 5.96. The van der Waals surface area contributed by atoms with Gasteiger partial charge in [0.2, 0.25) is 0 Å². The molecule has 0 spiro atoms. The molecule has 4 heteroatoms. The summed E-state index contributed by atoms with van der Waals surface area (Å²) < 4.78 is 2.06. The van der Waals surface area contributed by atoms with Crippen LogP contribution in [0.15, 0.2) is 12.3 Å². The molecule has 1 saturated heterocycles. The van der Waals surface area contributed by atoms with E-state index in [4.69, 9.17) is 0 Å². The second kappa shape index (κ2) is 5.02. The Morgan fingerprint density at radius 1 is 1.44 bits per heavy atom. The Morgan fingerprint density at radius 3 is 2.94 bits per heavy atom. The topological polar surface area (TPSA) is 33.1 Å². The zero-order chi connectivity index (χ0) is 12.5. The number of hydrogen-bond acceptors (Lipinski definition) is 3. The first-order valence-corrected chi connectivity index (χ1v) is 7.23. The summed E-state index contributed by atoms with van der Waals surface area (Å²) in [7, 11) is 0. The number of nitrogens with zero attached hydrogens (tertiary/aromatic N) is 3. The molecule has 1 unspecified atom stereocenters. The van der Waals surface area contributed by atoms with Crippen molar-refractivity contribution in [3.8, 4) is 0 Å². The van der Waals surface area contributed by atoms with E-state index in [2.05, 4.69) is 46.1 Å². The van der Waals surface area contributed by atoms with Gasteiger partial charge in [0, 0.05) is 44.5 Å². The van der Waals surface area contributed by atoms with Crippen molar-refractivity contribution in [2.75, 3.05) is 19.6 Å². The molecule has 1 aromatic heterocycles. The minimum atomic E-state index is 0.459. The fourth-order valence-corrected chi connectivity index (χ4v) is 2.87. The van der Waals surface area contributed by atoms with Crippen LogP contribution in [-0.2, 0) is 6.54 Å². The zero-order valence-electron chi connectivity index (χ0n) is 11.5. The van der Waals surface area contributed by atoms with Gasteiger partial charge >= 0.3 is 0 Å². The molecule has 3 rings (SSSR count). The maximum absolute atomic E-state index is 4.67. The summed E-state index contributed by atoms with van der Waals surface area (Å²) >= 11 is 0. The zero-order valence-corrected chi connectivity index (χ0v) is 11.5. The first kappa shape index (κ1) is 12.2. The van der Waals surface area contributed by atoms with E-state index in [1.54, 1.807) is 0 Å². The van der Waals surface area contributed by atoms with E-state index in [0.717, 1.165) is 38.1 Å². The van der Waals surface area contributed by atoms with Gasteiger partial charge in [0.15, 0.2) is 0 Å². The molecule has 0 bridgehead atoms. The van der Waals surface area contributed by atoms with Gasteiger partial charge in [0.25, 0.3) is 0 Å². The molecule has 4 nitrogen and oxygen atoms in total. The number of piperazine rings is 1. The lowest BCUT2D eigenvalue weighted by molar-refractivity contribution is 0.133. The quantitative estimate of drug-likeness (QED) is 0.879. The second-order valence-electron chi connectivity index (χ2n) is 5.96. The maximum Gasteiger partial charge on any atom is 0.0765 e. The van der Waals surface area contributed by atoms with Crippen LogP contribution in [0, 0.1) is 5.92 Å². The lowest BCUT2D eigenvalue weighted by Gasteiger charge is -2.36. The van der Waals surface area contributed by atoms with Crippen LogP contribution in [0.25, 0.3) is 0 Å². The molecule has 2 heterocycles. The van der Waals surface area contributed by atoms with Gasteiger partial charge in [-0.1, -0.05) is 0 Å². The largest absolute Gasteiger partial charge is 0.314 e. The van der Waals surface area contributed by atoms with Gasteiger partial charge in [-0.25, -0.2) is 0 Å². The predicted molar refractivity (Wildman–Crippen MR) is 72.4 cm³/mol. The van der Waals surface area contributed by atoms with Gasteiger partial charge in [-0.05, 0) is 38.7 Å². The van der Waals surface area contributed by atoms with Gasteiger partial charge in [-0.3, -0.25) is 9.58 Å². The molecule has 2 aliphatic rings. The minimum Gasteiger partial charge on any atom is -0.314 e. The summed E-state index contributed by atoms with van der Waals surface area (Å²) in [5.74, 6) is 0.935. The van der Waals surface area contributed by atoms with Crippen LogP contribution in [0.2, 0.25) is 0 Å². The van der Waals surface area contributed by atoms with Crippen molar-refractivity contribution in [1.82, 2.24) is 20.0 Å². The van der Waals surface area contributed by atoms with Crippen LogP contribution in [0.1, 0.15) is 38.4 Å². The van der Waals surface area contributed by atoms with Crippen LogP contribution < -0.4 is 5.32 Å². The van der Waals surface area contributed by atoms with E-state index >= 15 is 0 Å². The molecule has 0 amide bonds. The monoisotopic (exact) mass is 248 g/mol. The van der Waals surface area contributed by atoms with E-state index in [0.29, 0.717) is 6.04 Å². The average molecular weight is 248 g/mol. The summed E-state index contributed by atoms with van der Waals surface area (Å²) in [5.41, 5.74) is 1.22. The average Bonchev–Trinajstić information content (AvgIpc) is 3.09. The Bertz CT molecular complexity index is 394. The first-order chi connectivity index (χ1) is 8.74. The smallest absolute Gasteiger partial charge is 0.0765 e. The Hall–Kier alpha value is -0.870. The van der Waals surface area contributed by atoms with Crippen LogP contribution >= 0.6 is 0 Å². The van der Waals surface area contributed by atoms with Crippen LogP contribution in [0.5, 0.6) is 0 Å². The fourth-order valence-electron chi connectivity index (χ4n) is 2.87. The molecule has 1 aliphatic carbocycles. The summed E-state index contributed by atoms with van der Waals surface area (Å²) in [6, 6.07) is 3.37. The summed E-state index contributed by atoms with van der Waals surface area (Å²) in [5, 5.41) is 8.20. The van der Waals surface area contributed by atoms with Gasteiger partial charge < -0.3 is 5.32 Å². The first-order valence-electron chi connectivity index (χ1n) is 7.23. The van der Waals surface area contributed by atoms with Gasteiger partial charge in [0.05, 0.1) is 5.69 Å². The predicted octanol–water partition coefficient (Wildman–Crippen LogP) is 1.65. The van der Waals surface area contributed by atoms with Crippen molar-refractivity contribution in [3.63, 3.8) is 0 Å². The SMILES string of the molecule is CC(C)n1ccc(CN2CCNCC2C2CC2)n1. The van der Waals surface area contributed by atoms with Crippen molar-refractivity contribution >= 4 is 0 Å². The Kier molecular flexibility index (Phi) is 3.39. The van der Waals surface area contributed by atoms with E-state index in [9.17, 15) is 0 Å². The molecular formula is C14H24N4. The highest BCUT2D eigenvalue weighted by Gasteiger charge is 2.36. The van der Waals surface area contributed by atoms with Crippen molar-refractivity contribution in [2.45, 2.75) is 45.3 Å². The third-order valence-corrected chi connectivity index (χ3v) is 4.12. The Labute approximate surface area is 109 Å². The normalized spacial score (nSPS) is 25.8. The van der Waals surface area contributed by atoms with Crippen LogP contribution in [-0.4, -0.2) is 40.4 Å². The highest BCUT2D eigenvalue weighted by molar-refractivity contribution is 5.02. The van der Waals surface area contributed by atoms with E-state index in [1.807, 2.05) is 0 Å². The molecule has 0 radical (unpaired) electrons. The fraction of sp³-hybridized carbons (Fsp3) is 0.786. The summed E-state index contributed by atoms with van der Waals surface area (Å²) in [6.45, 7) is 8.81. The highest BCUT2D eigenvalue weighted by atomic mass is 15.3. The lowest BCUT2D eigenvalue weighted by atomic mass is 10.1. The molecule has 1 aromatic rings. The van der Waals surface area contributed by atoms with Gasteiger partial charge in [-0.15, -0.1) is 0 Å². The van der Waals surface area contributed by atoms with Crippen molar-refractivity contribution in [2.24, 2.45) is 5.92 Å². The molecule has 1 saturated carbocycles. The number of rotatable bonds is 4. The summed E-state index contributed by atoms with van der Waals surface area (Å²) in [4.78, 5) is 2.63. The lowest BCUT2D eigenvalue weighted by Crippen LogP contribution is -2.51. The molecule has 100 valence electrons. The Balaban J connectivity index is 1.65.